The number of carbonyl (C=O) groups excluding carboxylic acids is 2. The monoisotopic (exact) mass is 451 g/mol. The number of carboxylic acids is 1. The normalized spacial score (nSPS) is 18.3. The second kappa shape index (κ2) is 10.0. The molecule has 2 aromatic carbocycles. The Morgan fingerprint density at radius 2 is 1.73 bits per heavy atom. The van der Waals surface area contributed by atoms with Crippen LogP contribution in [0.4, 0.5) is 4.79 Å². The summed E-state index contributed by atoms with van der Waals surface area (Å²) < 4.78 is 5.47. The summed E-state index contributed by atoms with van der Waals surface area (Å²) in [7, 11) is 1.99. The van der Waals surface area contributed by atoms with Crippen LogP contribution in [0.15, 0.2) is 48.5 Å². The van der Waals surface area contributed by atoms with Crippen LogP contribution in [0.25, 0.3) is 11.1 Å². The summed E-state index contributed by atoms with van der Waals surface area (Å²) in [6, 6.07) is 15.0. The van der Waals surface area contributed by atoms with Crippen LogP contribution in [0.2, 0.25) is 0 Å². The minimum Gasteiger partial charge on any atom is -0.481 e. The fourth-order valence-electron chi connectivity index (χ4n) is 4.75. The molecule has 2 unspecified atom stereocenters. The molecule has 3 N–H and O–H groups in total. The molecule has 8 heteroatoms. The predicted octanol–water partition coefficient (Wildman–Crippen LogP) is 2.58. The van der Waals surface area contributed by atoms with Crippen molar-refractivity contribution in [2.24, 2.45) is 0 Å². The van der Waals surface area contributed by atoms with Gasteiger partial charge in [0, 0.05) is 18.5 Å². The van der Waals surface area contributed by atoms with E-state index < -0.39 is 30.4 Å². The molecule has 0 radical (unpaired) electrons. The Morgan fingerprint density at radius 3 is 2.30 bits per heavy atom. The van der Waals surface area contributed by atoms with E-state index in [0.717, 1.165) is 41.6 Å². The van der Waals surface area contributed by atoms with E-state index in [9.17, 15) is 19.5 Å². The Morgan fingerprint density at radius 1 is 1.09 bits per heavy atom. The zero-order valence-corrected chi connectivity index (χ0v) is 18.6. The summed E-state index contributed by atoms with van der Waals surface area (Å²) >= 11 is 0. The summed E-state index contributed by atoms with van der Waals surface area (Å²) in [6.45, 7) is 1.48. The number of nitrogens with one attached hydrogen (secondary N) is 2. The van der Waals surface area contributed by atoms with Crippen molar-refractivity contribution >= 4 is 18.0 Å². The van der Waals surface area contributed by atoms with Crippen LogP contribution < -0.4 is 10.6 Å². The van der Waals surface area contributed by atoms with Gasteiger partial charge in [-0.2, -0.15) is 0 Å². The van der Waals surface area contributed by atoms with Crippen LogP contribution in [0.5, 0.6) is 0 Å². The molecular weight excluding hydrogens is 422 g/mol. The van der Waals surface area contributed by atoms with Crippen LogP contribution in [-0.2, 0) is 14.3 Å². The van der Waals surface area contributed by atoms with Crippen molar-refractivity contribution in [2.45, 2.75) is 37.3 Å². The Labute approximate surface area is 192 Å². The second-order valence-corrected chi connectivity index (χ2v) is 8.64. The molecule has 4 rings (SSSR count). The SMILES string of the molecule is CN1CCCC1CNC(=O)C(CC(=O)O)NC(=O)OCC1c2ccccc2-c2ccccc21. The fraction of sp³-hybridized carbons (Fsp3) is 0.400. The van der Waals surface area contributed by atoms with Crippen LogP contribution in [-0.4, -0.2) is 66.8 Å². The molecule has 1 heterocycles. The highest BCUT2D eigenvalue weighted by atomic mass is 16.5. The molecule has 8 nitrogen and oxygen atoms in total. The summed E-state index contributed by atoms with van der Waals surface area (Å²) in [5, 5.41) is 14.4. The molecule has 2 aromatic rings. The third-order valence-corrected chi connectivity index (χ3v) is 6.51. The van der Waals surface area contributed by atoms with Gasteiger partial charge in [-0.15, -0.1) is 0 Å². The Balaban J connectivity index is 1.37. The molecule has 1 saturated heterocycles. The van der Waals surface area contributed by atoms with Crippen molar-refractivity contribution in [1.29, 1.82) is 0 Å². The van der Waals surface area contributed by atoms with E-state index in [2.05, 4.69) is 15.5 Å². The number of benzene rings is 2. The van der Waals surface area contributed by atoms with Gasteiger partial charge in [-0.3, -0.25) is 9.59 Å². The second-order valence-electron chi connectivity index (χ2n) is 8.64. The Bertz CT molecular complexity index is 995. The number of likely N-dealkylation sites (tertiary alicyclic amines) is 1. The van der Waals surface area contributed by atoms with Crippen LogP contribution >= 0.6 is 0 Å². The zero-order chi connectivity index (χ0) is 23.4. The molecule has 1 aliphatic heterocycles. The lowest BCUT2D eigenvalue weighted by atomic mass is 9.98. The van der Waals surface area contributed by atoms with Gasteiger partial charge in [-0.05, 0) is 48.7 Å². The fourth-order valence-corrected chi connectivity index (χ4v) is 4.75. The molecule has 0 spiro atoms. The standard InChI is InChI=1S/C25H29N3O5/c1-28-12-6-7-16(28)14-26-24(31)22(13-23(29)30)27-25(32)33-15-21-19-10-4-2-8-17(19)18-9-3-5-11-20(18)21/h2-5,8-11,16,21-22H,6-7,12-15H2,1H3,(H,26,31)(H,27,32)(H,29,30). The third kappa shape index (κ3) is 5.17. The van der Waals surface area contributed by atoms with Crippen LogP contribution in [0.1, 0.15) is 36.3 Å². The molecule has 174 valence electrons. The third-order valence-electron chi connectivity index (χ3n) is 6.51. The van der Waals surface area contributed by atoms with Crippen LogP contribution in [0, 0.1) is 0 Å². The van der Waals surface area contributed by atoms with Gasteiger partial charge in [0.05, 0.1) is 6.42 Å². The lowest BCUT2D eigenvalue weighted by Gasteiger charge is -2.22. The van der Waals surface area contributed by atoms with E-state index in [1.165, 1.54) is 0 Å². The maximum Gasteiger partial charge on any atom is 0.407 e. The van der Waals surface area contributed by atoms with Gasteiger partial charge in [-0.25, -0.2) is 4.79 Å². The number of alkyl carbamates (subject to hydrolysis) is 1. The summed E-state index contributed by atoms with van der Waals surface area (Å²) in [5.74, 6) is -1.81. The van der Waals surface area contributed by atoms with E-state index in [-0.39, 0.29) is 18.6 Å². The van der Waals surface area contributed by atoms with Gasteiger partial charge in [0.1, 0.15) is 12.6 Å². The quantitative estimate of drug-likeness (QED) is 0.569. The zero-order valence-electron chi connectivity index (χ0n) is 18.6. The lowest BCUT2D eigenvalue weighted by Crippen LogP contribution is -2.50. The predicted molar refractivity (Wildman–Crippen MR) is 123 cm³/mol. The Kier molecular flexibility index (Phi) is 6.93. The van der Waals surface area contributed by atoms with Crippen molar-refractivity contribution in [1.82, 2.24) is 15.5 Å². The number of rotatable bonds is 8. The number of aliphatic carboxylic acids is 1. The molecule has 33 heavy (non-hydrogen) atoms. The minimum atomic E-state index is -1.20. The number of amides is 2. The molecule has 1 fully saturated rings. The number of likely N-dealkylation sites (N-methyl/N-ethyl adjacent to an activating group) is 1. The number of ether oxygens (including phenoxy) is 1. The minimum absolute atomic E-state index is 0.0914. The highest BCUT2D eigenvalue weighted by Gasteiger charge is 2.30. The van der Waals surface area contributed by atoms with Crippen molar-refractivity contribution in [2.75, 3.05) is 26.7 Å². The van der Waals surface area contributed by atoms with Crippen molar-refractivity contribution in [3.05, 3.63) is 59.7 Å². The van der Waals surface area contributed by atoms with Crippen LogP contribution in [0.3, 0.4) is 0 Å². The molecule has 2 amide bonds. The van der Waals surface area contributed by atoms with Gasteiger partial charge in [0.15, 0.2) is 0 Å². The maximum absolute atomic E-state index is 12.6. The number of carbonyl (C=O) groups is 3. The first-order valence-corrected chi connectivity index (χ1v) is 11.2. The van der Waals surface area contributed by atoms with Crippen molar-refractivity contribution in [3.8, 4) is 11.1 Å². The largest absolute Gasteiger partial charge is 0.481 e. The molecule has 0 aromatic heterocycles. The summed E-state index contributed by atoms with van der Waals surface area (Å²) in [4.78, 5) is 38.5. The molecule has 1 aliphatic carbocycles. The van der Waals surface area contributed by atoms with Gasteiger partial charge in [-0.1, -0.05) is 48.5 Å². The average Bonchev–Trinajstić information content (AvgIpc) is 3.36. The summed E-state index contributed by atoms with van der Waals surface area (Å²) in [6.07, 6.45) is 0.709. The topological polar surface area (TPSA) is 108 Å². The Hall–Kier alpha value is -3.39. The lowest BCUT2D eigenvalue weighted by molar-refractivity contribution is -0.139. The van der Waals surface area contributed by atoms with Gasteiger partial charge < -0.3 is 25.4 Å². The molecule has 0 saturated carbocycles. The van der Waals surface area contributed by atoms with E-state index >= 15 is 0 Å². The van der Waals surface area contributed by atoms with Gasteiger partial charge in [0.25, 0.3) is 0 Å². The number of hydrogen-bond acceptors (Lipinski definition) is 5. The number of hydrogen-bond donors (Lipinski definition) is 3. The van der Waals surface area contributed by atoms with Gasteiger partial charge in [0.2, 0.25) is 5.91 Å². The van der Waals surface area contributed by atoms with E-state index in [4.69, 9.17) is 4.74 Å². The number of fused-ring (bicyclic) bond motifs is 3. The first kappa shape index (κ1) is 22.8. The van der Waals surface area contributed by atoms with E-state index in [1.54, 1.807) is 0 Å². The summed E-state index contributed by atoms with van der Waals surface area (Å²) in [5.41, 5.74) is 4.38. The molecule has 2 atom stereocenters. The average molecular weight is 452 g/mol. The highest BCUT2D eigenvalue weighted by molar-refractivity contribution is 5.89. The first-order chi connectivity index (χ1) is 15.9. The van der Waals surface area contributed by atoms with E-state index in [0.29, 0.717) is 6.54 Å². The molecular formula is C25H29N3O5. The molecule has 2 aliphatic rings. The first-order valence-electron chi connectivity index (χ1n) is 11.2. The smallest absolute Gasteiger partial charge is 0.407 e. The van der Waals surface area contributed by atoms with E-state index in [1.807, 2.05) is 55.6 Å². The van der Waals surface area contributed by atoms with Crippen molar-refractivity contribution in [3.63, 3.8) is 0 Å². The number of nitrogens with zero attached hydrogens (tertiary/aromatic N) is 1. The highest BCUT2D eigenvalue weighted by Crippen LogP contribution is 2.44. The van der Waals surface area contributed by atoms with Crippen molar-refractivity contribution < 1.29 is 24.2 Å². The van der Waals surface area contributed by atoms with Gasteiger partial charge >= 0.3 is 12.1 Å². The number of carboxylic acid groups (broad SMARTS) is 1. The maximum atomic E-state index is 12.6. The molecule has 0 bridgehead atoms.